The molecular formula is C33H23N5O. The first-order valence-electron chi connectivity index (χ1n) is 13.4. The lowest BCUT2D eigenvalue weighted by Gasteiger charge is -2.08. The lowest BCUT2D eigenvalue weighted by Crippen LogP contribution is -2.00. The number of aromatic nitrogens is 5. The molecule has 0 saturated carbocycles. The zero-order valence-electron chi connectivity index (χ0n) is 21.1. The topological polar surface area (TPSA) is 53.7 Å². The minimum atomic E-state index is 0.856. The average Bonchev–Trinajstić information content (AvgIpc) is 3.74. The van der Waals surface area contributed by atoms with Crippen molar-refractivity contribution in [2.24, 2.45) is 0 Å². The molecule has 0 saturated heterocycles. The van der Waals surface area contributed by atoms with Crippen LogP contribution in [0.1, 0.15) is 12.0 Å². The molecular weight excluding hydrogens is 482 g/mol. The van der Waals surface area contributed by atoms with E-state index in [4.69, 9.17) is 9.52 Å². The van der Waals surface area contributed by atoms with Gasteiger partial charge in [-0.15, -0.1) is 0 Å². The summed E-state index contributed by atoms with van der Waals surface area (Å²) in [5.41, 5.74) is 8.42. The van der Waals surface area contributed by atoms with E-state index in [1.807, 2.05) is 29.2 Å². The number of hydrogen-bond donors (Lipinski definition) is 0. The molecule has 0 unspecified atom stereocenters. The highest BCUT2D eigenvalue weighted by Crippen LogP contribution is 2.38. The summed E-state index contributed by atoms with van der Waals surface area (Å²) >= 11 is 0. The number of para-hydroxylation sites is 2. The van der Waals surface area contributed by atoms with Gasteiger partial charge in [0.25, 0.3) is 0 Å². The number of furan rings is 1. The third kappa shape index (κ3) is 2.91. The summed E-state index contributed by atoms with van der Waals surface area (Å²) in [7, 11) is 0. The van der Waals surface area contributed by atoms with E-state index < -0.39 is 0 Å². The van der Waals surface area contributed by atoms with Crippen LogP contribution in [0.15, 0.2) is 108 Å². The zero-order chi connectivity index (χ0) is 25.5. The average molecular weight is 506 g/mol. The molecule has 5 heterocycles. The van der Waals surface area contributed by atoms with Gasteiger partial charge in [0.1, 0.15) is 16.9 Å². The Balaban J connectivity index is 1.30. The molecule has 0 N–H and O–H groups in total. The second kappa shape index (κ2) is 7.71. The van der Waals surface area contributed by atoms with Crippen molar-refractivity contribution in [2.45, 2.75) is 19.4 Å². The van der Waals surface area contributed by atoms with Crippen LogP contribution in [0.3, 0.4) is 0 Å². The summed E-state index contributed by atoms with van der Waals surface area (Å²) < 4.78 is 12.9. The van der Waals surface area contributed by atoms with Crippen molar-refractivity contribution >= 4 is 43.7 Å². The smallest absolute Gasteiger partial charge is 0.160 e. The summed E-state index contributed by atoms with van der Waals surface area (Å²) in [4.78, 5) is 4.62. The molecule has 1 aliphatic rings. The van der Waals surface area contributed by atoms with E-state index in [9.17, 15) is 0 Å². The van der Waals surface area contributed by atoms with Crippen LogP contribution in [0.2, 0.25) is 0 Å². The first-order valence-corrected chi connectivity index (χ1v) is 13.4. The van der Waals surface area contributed by atoms with Gasteiger partial charge in [-0.1, -0.05) is 42.5 Å². The third-order valence-corrected chi connectivity index (χ3v) is 8.10. The fourth-order valence-electron chi connectivity index (χ4n) is 6.38. The Hall–Kier alpha value is -5.10. The molecule has 0 fully saturated rings. The van der Waals surface area contributed by atoms with E-state index in [-0.39, 0.29) is 0 Å². The Morgan fingerprint density at radius 3 is 2.44 bits per heavy atom. The van der Waals surface area contributed by atoms with Gasteiger partial charge in [-0.05, 0) is 55.3 Å². The Labute approximate surface area is 223 Å². The molecule has 8 aromatic rings. The van der Waals surface area contributed by atoms with Crippen LogP contribution in [0.5, 0.6) is 0 Å². The maximum Gasteiger partial charge on any atom is 0.160 e. The summed E-state index contributed by atoms with van der Waals surface area (Å²) in [6.07, 6.45) is 8.14. The van der Waals surface area contributed by atoms with Gasteiger partial charge in [-0.25, -0.2) is 9.67 Å². The fourth-order valence-corrected chi connectivity index (χ4v) is 6.38. The highest BCUT2D eigenvalue weighted by atomic mass is 16.3. The molecule has 4 aromatic heterocycles. The molecule has 39 heavy (non-hydrogen) atoms. The molecule has 0 bridgehead atoms. The van der Waals surface area contributed by atoms with Gasteiger partial charge in [0.2, 0.25) is 0 Å². The molecule has 0 amide bonds. The van der Waals surface area contributed by atoms with Crippen molar-refractivity contribution in [3.63, 3.8) is 0 Å². The van der Waals surface area contributed by atoms with Crippen LogP contribution in [-0.4, -0.2) is 23.9 Å². The van der Waals surface area contributed by atoms with Crippen LogP contribution in [0.4, 0.5) is 0 Å². The van der Waals surface area contributed by atoms with Gasteiger partial charge in [-0.3, -0.25) is 0 Å². The number of fused-ring (bicyclic) bond motifs is 9. The Morgan fingerprint density at radius 1 is 0.769 bits per heavy atom. The van der Waals surface area contributed by atoms with Crippen molar-refractivity contribution in [3.8, 4) is 22.9 Å². The largest absolute Gasteiger partial charge is 0.456 e. The van der Waals surface area contributed by atoms with Crippen molar-refractivity contribution in [1.82, 2.24) is 23.9 Å². The van der Waals surface area contributed by atoms with Crippen LogP contribution >= 0.6 is 0 Å². The molecule has 0 radical (unpaired) electrons. The standard InChI is InChI=1S/C33H23N5O/c1-3-10-26-23(8-1)24-9-2-4-11-27(24)38(26)22-14-15-29-25(19-22)31-28(12-5-13-30(31)39-29)37-20-21-7-6-17-36-18-16-34-33(36)32(21)35-37/h1-5,8-16,18-20H,6-7,17H2. The lowest BCUT2D eigenvalue weighted by atomic mass is 10.1. The molecule has 6 nitrogen and oxygen atoms in total. The highest BCUT2D eigenvalue weighted by molar-refractivity contribution is 6.12. The van der Waals surface area contributed by atoms with E-state index in [0.717, 1.165) is 64.2 Å². The second-order valence-electron chi connectivity index (χ2n) is 10.3. The Morgan fingerprint density at radius 2 is 1.59 bits per heavy atom. The number of imidazole rings is 1. The number of nitrogens with zero attached hydrogens (tertiary/aromatic N) is 5. The van der Waals surface area contributed by atoms with Crippen molar-refractivity contribution < 1.29 is 4.42 Å². The van der Waals surface area contributed by atoms with E-state index in [1.165, 1.54) is 27.4 Å². The lowest BCUT2D eigenvalue weighted by molar-refractivity contribution is 0.658. The van der Waals surface area contributed by atoms with E-state index >= 15 is 0 Å². The zero-order valence-corrected chi connectivity index (χ0v) is 21.1. The Kier molecular flexibility index (Phi) is 4.13. The predicted molar refractivity (Wildman–Crippen MR) is 155 cm³/mol. The molecule has 186 valence electrons. The maximum atomic E-state index is 6.36. The highest BCUT2D eigenvalue weighted by Gasteiger charge is 2.22. The van der Waals surface area contributed by atoms with Gasteiger partial charge in [-0.2, -0.15) is 5.10 Å². The number of hydrogen-bond acceptors (Lipinski definition) is 3. The number of benzene rings is 4. The van der Waals surface area contributed by atoms with Crippen molar-refractivity contribution in [1.29, 1.82) is 0 Å². The molecule has 0 aliphatic carbocycles. The monoisotopic (exact) mass is 505 g/mol. The second-order valence-corrected chi connectivity index (χ2v) is 10.3. The summed E-state index contributed by atoms with van der Waals surface area (Å²) in [6, 6.07) is 29.9. The third-order valence-electron chi connectivity index (χ3n) is 8.10. The minimum absolute atomic E-state index is 0.856. The molecule has 0 spiro atoms. The first-order chi connectivity index (χ1) is 19.3. The van der Waals surface area contributed by atoms with Gasteiger partial charge >= 0.3 is 0 Å². The molecule has 0 atom stereocenters. The molecule has 6 heteroatoms. The molecule has 1 aliphatic heterocycles. The van der Waals surface area contributed by atoms with Gasteiger partial charge in [0.05, 0.1) is 22.1 Å². The SMILES string of the molecule is c1cc(-n2cc3c(n2)-c2nccn2CCC3)c2c(c1)oc1ccc(-n3c4ccccc4c4ccccc43)cc12. The number of rotatable bonds is 2. The maximum absolute atomic E-state index is 6.36. The van der Waals surface area contributed by atoms with Crippen LogP contribution < -0.4 is 0 Å². The molecule has 4 aromatic carbocycles. The van der Waals surface area contributed by atoms with Gasteiger partial charge in [0, 0.05) is 52.5 Å². The van der Waals surface area contributed by atoms with E-state index in [0.29, 0.717) is 0 Å². The predicted octanol–water partition coefficient (Wildman–Crippen LogP) is 7.68. The quantitative estimate of drug-likeness (QED) is 0.242. The summed E-state index contributed by atoms with van der Waals surface area (Å²) in [5.74, 6) is 0.944. The first kappa shape index (κ1) is 20.9. The summed E-state index contributed by atoms with van der Waals surface area (Å²) in [6.45, 7) is 0.971. The van der Waals surface area contributed by atoms with Crippen LogP contribution in [0.25, 0.3) is 66.6 Å². The normalized spacial score (nSPS) is 13.3. The minimum Gasteiger partial charge on any atom is -0.456 e. The van der Waals surface area contributed by atoms with E-state index in [1.54, 1.807) is 0 Å². The van der Waals surface area contributed by atoms with Gasteiger partial charge < -0.3 is 13.6 Å². The summed E-state index contributed by atoms with van der Waals surface area (Å²) in [5, 5.41) is 9.72. The number of aryl methyl sites for hydroxylation is 2. The fraction of sp³-hybridized carbons (Fsp3) is 0.0909. The van der Waals surface area contributed by atoms with Crippen molar-refractivity contribution in [3.05, 3.63) is 109 Å². The van der Waals surface area contributed by atoms with E-state index in [2.05, 4.69) is 93.1 Å². The van der Waals surface area contributed by atoms with Crippen LogP contribution in [0, 0.1) is 0 Å². The Bertz CT molecular complexity index is 2170. The van der Waals surface area contributed by atoms with Crippen LogP contribution in [-0.2, 0) is 13.0 Å². The molecule has 9 rings (SSSR count). The van der Waals surface area contributed by atoms with Gasteiger partial charge in [0.15, 0.2) is 5.82 Å². The van der Waals surface area contributed by atoms with Crippen molar-refractivity contribution in [2.75, 3.05) is 0 Å².